The largest absolute Gasteiger partial charge is 0.368 e. The number of benzene rings is 2. The molecule has 1 aliphatic heterocycles. The zero-order valence-corrected chi connectivity index (χ0v) is 13.9. The second kappa shape index (κ2) is 8.29. The molecule has 1 fully saturated rings. The van der Waals surface area contributed by atoms with Crippen LogP contribution >= 0.6 is 12.4 Å². The van der Waals surface area contributed by atoms with Crippen LogP contribution in [-0.4, -0.2) is 25.2 Å². The molecule has 124 valence electrons. The fraction of sp³-hybridized carbons (Fsp3) is 0.389. The number of halogens is 1. The van der Waals surface area contributed by atoms with Crippen LogP contribution in [0.25, 0.3) is 10.8 Å². The molecular formula is C18H23ClN2O2. The molecular weight excluding hydrogens is 312 g/mol. The number of nitrogens with one attached hydrogen (secondary N) is 1. The lowest BCUT2D eigenvalue weighted by Crippen LogP contribution is -2.42. The van der Waals surface area contributed by atoms with E-state index in [4.69, 9.17) is 10.5 Å². The van der Waals surface area contributed by atoms with Gasteiger partial charge in [0.05, 0.1) is 6.04 Å². The van der Waals surface area contributed by atoms with Gasteiger partial charge in [0.25, 0.3) is 0 Å². The zero-order valence-electron chi connectivity index (χ0n) is 13.0. The van der Waals surface area contributed by atoms with Gasteiger partial charge < -0.3 is 15.8 Å². The van der Waals surface area contributed by atoms with Crippen LogP contribution < -0.4 is 11.1 Å². The number of fused-ring (bicyclic) bond motifs is 1. The first-order valence-electron chi connectivity index (χ1n) is 7.88. The lowest BCUT2D eigenvalue weighted by atomic mass is 10.0. The van der Waals surface area contributed by atoms with Crippen molar-refractivity contribution in [1.82, 2.24) is 5.32 Å². The predicted molar refractivity (Wildman–Crippen MR) is 94.7 cm³/mol. The van der Waals surface area contributed by atoms with Crippen molar-refractivity contribution in [3.8, 4) is 0 Å². The number of carbonyl (C=O) groups excluding carboxylic acids is 1. The van der Waals surface area contributed by atoms with Gasteiger partial charge in [-0.2, -0.15) is 0 Å². The summed E-state index contributed by atoms with van der Waals surface area (Å²) in [6.07, 6.45) is 2.54. The van der Waals surface area contributed by atoms with E-state index in [0.717, 1.165) is 30.2 Å². The van der Waals surface area contributed by atoms with Crippen LogP contribution in [0.4, 0.5) is 0 Å². The van der Waals surface area contributed by atoms with Gasteiger partial charge in [-0.1, -0.05) is 36.4 Å². The topological polar surface area (TPSA) is 64.3 Å². The molecule has 0 aliphatic carbocycles. The monoisotopic (exact) mass is 334 g/mol. The van der Waals surface area contributed by atoms with Gasteiger partial charge in [0.1, 0.15) is 6.10 Å². The summed E-state index contributed by atoms with van der Waals surface area (Å²) in [6.45, 7) is 1.04. The molecule has 1 amide bonds. The highest BCUT2D eigenvalue weighted by Crippen LogP contribution is 2.21. The molecule has 4 nitrogen and oxygen atoms in total. The van der Waals surface area contributed by atoms with Crippen LogP contribution in [0.2, 0.25) is 0 Å². The second-order valence-corrected chi connectivity index (χ2v) is 5.76. The van der Waals surface area contributed by atoms with E-state index >= 15 is 0 Å². The highest BCUT2D eigenvalue weighted by molar-refractivity contribution is 5.85. The lowest BCUT2D eigenvalue weighted by molar-refractivity contribution is -0.136. The zero-order chi connectivity index (χ0) is 15.4. The average molecular weight is 335 g/mol. The van der Waals surface area contributed by atoms with Crippen LogP contribution in [0, 0.1) is 0 Å². The molecule has 2 aromatic carbocycles. The Hall–Kier alpha value is -1.62. The Kier molecular flexibility index (Phi) is 6.39. The van der Waals surface area contributed by atoms with E-state index in [1.54, 1.807) is 0 Å². The first-order valence-corrected chi connectivity index (χ1v) is 7.88. The van der Waals surface area contributed by atoms with E-state index in [1.165, 1.54) is 5.39 Å². The first kappa shape index (κ1) is 17.7. The highest BCUT2D eigenvalue weighted by atomic mass is 35.5. The third-order valence-electron chi connectivity index (χ3n) is 4.20. The molecule has 1 heterocycles. The predicted octanol–water partition coefficient (Wildman–Crippen LogP) is 2.95. The van der Waals surface area contributed by atoms with E-state index < -0.39 is 0 Å². The highest BCUT2D eigenvalue weighted by Gasteiger charge is 2.24. The van der Waals surface area contributed by atoms with Crippen LogP contribution in [0.1, 0.15) is 30.9 Å². The number of rotatable bonds is 4. The van der Waals surface area contributed by atoms with Gasteiger partial charge in [-0.3, -0.25) is 4.79 Å². The minimum atomic E-state index is -0.330. The normalized spacial score (nSPS) is 18.9. The molecule has 1 aliphatic rings. The van der Waals surface area contributed by atoms with Gasteiger partial charge in [-0.05, 0) is 41.7 Å². The molecule has 3 rings (SSSR count). The first-order chi connectivity index (χ1) is 10.8. The number of nitrogens with two attached hydrogens (primary N) is 1. The molecule has 0 bridgehead atoms. The number of ether oxygens (including phenoxy) is 1. The Morgan fingerprint density at radius 2 is 2.00 bits per heavy atom. The summed E-state index contributed by atoms with van der Waals surface area (Å²) in [5.74, 6) is -0.0525. The number of carbonyl (C=O) groups is 1. The van der Waals surface area contributed by atoms with E-state index in [9.17, 15) is 4.79 Å². The van der Waals surface area contributed by atoms with E-state index in [1.807, 2.05) is 18.2 Å². The summed E-state index contributed by atoms with van der Waals surface area (Å²) in [5, 5.41) is 5.37. The van der Waals surface area contributed by atoms with Crippen LogP contribution in [0.3, 0.4) is 0 Å². The molecule has 23 heavy (non-hydrogen) atoms. The Balaban J connectivity index is 0.00000192. The van der Waals surface area contributed by atoms with Gasteiger partial charge in [-0.25, -0.2) is 0 Å². The maximum absolute atomic E-state index is 12.3. The van der Waals surface area contributed by atoms with Gasteiger partial charge in [0, 0.05) is 13.2 Å². The Morgan fingerprint density at radius 3 is 2.70 bits per heavy atom. The maximum Gasteiger partial charge on any atom is 0.249 e. The number of hydrogen-bond acceptors (Lipinski definition) is 3. The molecule has 2 aromatic rings. The number of amides is 1. The summed E-state index contributed by atoms with van der Waals surface area (Å²) in [6, 6.07) is 14.2. The van der Waals surface area contributed by atoms with Crippen molar-refractivity contribution in [2.24, 2.45) is 5.73 Å². The van der Waals surface area contributed by atoms with Crippen molar-refractivity contribution in [3.63, 3.8) is 0 Å². The molecule has 1 saturated heterocycles. The molecule has 3 N–H and O–H groups in total. The molecule has 0 saturated carbocycles. The summed E-state index contributed by atoms with van der Waals surface area (Å²) >= 11 is 0. The molecule has 0 radical (unpaired) electrons. The summed E-state index contributed by atoms with van der Waals surface area (Å²) in [5.41, 5.74) is 6.90. The quantitative estimate of drug-likeness (QED) is 0.903. The summed E-state index contributed by atoms with van der Waals surface area (Å²) in [7, 11) is 0. The summed E-state index contributed by atoms with van der Waals surface area (Å²) < 4.78 is 5.54. The average Bonchev–Trinajstić information content (AvgIpc) is 2.59. The molecule has 0 spiro atoms. The van der Waals surface area contributed by atoms with E-state index in [-0.39, 0.29) is 30.5 Å². The van der Waals surface area contributed by atoms with Gasteiger partial charge >= 0.3 is 0 Å². The van der Waals surface area contributed by atoms with Crippen LogP contribution in [-0.2, 0) is 9.53 Å². The molecule has 5 heteroatoms. The Morgan fingerprint density at radius 1 is 1.22 bits per heavy atom. The summed E-state index contributed by atoms with van der Waals surface area (Å²) in [4.78, 5) is 12.3. The van der Waals surface area contributed by atoms with Gasteiger partial charge in [0.2, 0.25) is 5.91 Å². The lowest BCUT2D eigenvalue weighted by Gasteiger charge is -2.25. The van der Waals surface area contributed by atoms with Gasteiger partial charge in [-0.15, -0.1) is 12.4 Å². The van der Waals surface area contributed by atoms with Crippen molar-refractivity contribution in [2.45, 2.75) is 31.4 Å². The van der Waals surface area contributed by atoms with E-state index in [0.29, 0.717) is 13.2 Å². The van der Waals surface area contributed by atoms with Crippen molar-refractivity contribution >= 4 is 29.1 Å². The maximum atomic E-state index is 12.3. The van der Waals surface area contributed by atoms with Gasteiger partial charge in [0.15, 0.2) is 0 Å². The van der Waals surface area contributed by atoms with Crippen molar-refractivity contribution < 1.29 is 9.53 Å². The fourth-order valence-corrected chi connectivity index (χ4v) is 2.92. The molecule has 2 unspecified atom stereocenters. The van der Waals surface area contributed by atoms with Crippen molar-refractivity contribution in [1.29, 1.82) is 0 Å². The second-order valence-electron chi connectivity index (χ2n) is 5.76. The van der Waals surface area contributed by atoms with E-state index in [2.05, 4.69) is 29.6 Å². The number of hydrogen-bond donors (Lipinski definition) is 2. The van der Waals surface area contributed by atoms with Crippen molar-refractivity contribution in [2.75, 3.05) is 13.2 Å². The van der Waals surface area contributed by atoms with Crippen molar-refractivity contribution in [3.05, 3.63) is 48.0 Å². The molecule has 0 aromatic heterocycles. The fourth-order valence-electron chi connectivity index (χ4n) is 2.92. The van der Waals surface area contributed by atoms with Crippen LogP contribution in [0.15, 0.2) is 42.5 Å². The third-order valence-corrected chi connectivity index (χ3v) is 4.20. The minimum Gasteiger partial charge on any atom is -0.368 e. The SMILES string of the molecule is Cl.NCC(NC(=O)C1CCCCO1)c1ccc2ccccc2c1. The van der Waals surface area contributed by atoms with Crippen LogP contribution in [0.5, 0.6) is 0 Å². The Labute approximate surface area is 142 Å². The standard InChI is InChI=1S/C18H22N2O2.ClH/c19-12-16(20-18(21)17-7-3-4-10-22-17)15-9-8-13-5-1-2-6-14(13)11-15;/h1-2,5-6,8-9,11,16-17H,3-4,7,10,12,19H2,(H,20,21);1H. The molecule has 2 atom stereocenters. The third kappa shape index (κ3) is 4.22. The minimum absolute atomic E-state index is 0. The Bertz CT molecular complexity index is 656. The smallest absolute Gasteiger partial charge is 0.249 e.